The highest BCUT2D eigenvalue weighted by Crippen LogP contribution is 2.85. The molecule has 1 aromatic rings. The van der Waals surface area contributed by atoms with E-state index in [9.17, 15) is 15.0 Å². The van der Waals surface area contributed by atoms with Gasteiger partial charge in [-0.1, -0.05) is 0 Å². The number of aliphatic imine (C=N–C) groups is 2. The average Bonchev–Trinajstić information content (AvgIpc) is 3.36. The lowest BCUT2D eigenvalue weighted by atomic mass is 9.96. The predicted octanol–water partition coefficient (Wildman–Crippen LogP) is 2.55. The molecule has 2 fully saturated rings. The van der Waals surface area contributed by atoms with Gasteiger partial charge in [0.15, 0.2) is 0 Å². The number of benzene rings is 1. The fraction of sp³-hybridized carbons (Fsp3) is 0.312. The summed E-state index contributed by atoms with van der Waals surface area (Å²) in [6.07, 6.45) is 3.63. The first-order chi connectivity index (χ1) is 10.5. The molecular formula is C16H16N2O4. The molecule has 0 radical (unpaired) electrons. The molecule has 3 atom stereocenters. The van der Waals surface area contributed by atoms with Crippen LogP contribution in [0.5, 0.6) is 11.5 Å². The van der Waals surface area contributed by atoms with Gasteiger partial charge in [-0.3, -0.25) is 9.79 Å². The maximum Gasteiger partial charge on any atom is 0.310 e. The van der Waals surface area contributed by atoms with Crippen LogP contribution in [0.4, 0.5) is 0 Å². The summed E-state index contributed by atoms with van der Waals surface area (Å²) in [4.78, 5) is 18.8. The summed E-state index contributed by atoms with van der Waals surface area (Å²) in [7, 11) is 0. The van der Waals surface area contributed by atoms with Crippen LogP contribution < -0.4 is 4.74 Å². The van der Waals surface area contributed by atoms with Gasteiger partial charge in [0.1, 0.15) is 17.8 Å². The second-order valence-corrected chi connectivity index (χ2v) is 5.51. The lowest BCUT2D eigenvalue weighted by Crippen LogP contribution is -2.10. The zero-order valence-corrected chi connectivity index (χ0v) is 12.1. The number of carboxylic acids is 1. The summed E-state index contributed by atoms with van der Waals surface area (Å²) in [5, 5.41) is 19.3. The van der Waals surface area contributed by atoms with Crippen molar-refractivity contribution < 1.29 is 19.7 Å². The molecule has 2 aliphatic carbocycles. The van der Waals surface area contributed by atoms with Crippen molar-refractivity contribution in [1.82, 2.24) is 0 Å². The second-order valence-electron chi connectivity index (χ2n) is 5.51. The van der Waals surface area contributed by atoms with Crippen molar-refractivity contribution in [2.45, 2.75) is 19.3 Å². The second kappa shape index (κ2) is 4.98. The number of aliphatic carboxylic acids is 1. The molecule has 6 nitrogen and oxygen atoms in total. The van der Waals surface area contributed by atoms with E-state index in [1.807, 2.05) is 0 Å². The van der Waals surface area contributed by atoms with Crippen LogP contribution in [0.1, 0.15) is 24.8 Å². The van der Waals surface area contributed by atoms with Gasteiger partial charge in [-0.15, -0.1) is 0 Å². The number of aromatic hydroxyl groups is 1. The van der Waals surface area contributed by atoms with Gasteiger partial charge in [-0.25, -0.2) is 4.99 Å². The largest absolute Gasteiger partial charge is 0.508 e. The summed E-state index contributed by atoms with van der Waals surface area (Å²) < 4.78 is 5.60. The third kappa shape index (κ3) is 2.07. The van der Waals surface area contributed by atoms with Crippen molar-refractivity contribution in [3.8, 4) is 11.5 Å². The lowest BCUT2D eigenvalue weighted by molar-refractivity contribution is -0.141. The SMILES string of the molecule is C=N/C=N\C(=C/C)Oc1ccc(O)c([C@@H]2[C@@H]3C[C@@]23C(=O)O)c1. The molecule has 114 valence electrons. The van der Waals surface area contributed by atoms with Gasteiger partial charge >= 0.3 is 5.97 Å². The highest BCUT2D eigenvalue weighted by Gasteiger charge is 2.84. The highest BCUT2D eigenvalue weighted by molar-refractivity contribution is 5.87. The number of nitrogens with zero attached hydrogens (tertiary/aromatic N) is 2. The van der Waals surface area contributed by atoms with Gasteiger partial charge in [0.05, 0.1) is 5.41 Å². The molecule has 0 unspecified atom stereocenters. The number of allylic oxidation sites excluding steroid dienone is 1. The Labute approximate surface area is 127 Å². The maximum absolute atomic E-state index is 11.3. The van der Waals surface area contributed by atoms with Gasteiger partial charge in [-0.05, 0) is 50.3 Å². The van der Waals surface area contributed by atoms with E-state index in [0.717, 1.165) is 0 Å². The van der Waals surface area contributed by atoms with Crippen LogP contribution in [0.15, 0.2) is 40.1 Å². The number of ether oxygens (including phenoxy) is 1. The quantitative estimate of drug-likeness (QED) is 0.480. The van der Waals surface area contributed by atoms with E-state index in [4.69, 9.17) is 4.74 Å². The highest BCUT2D eigenvalue weighted by atomic mass is 16.5. The first kappa shape index (κ1) is 14.3. The molecule has 3 rings (SSSR count). The van der Waals surface area contributed by atoms with Gasteiger partial charge in [-0.2, -0.15) is 0 Å². The monoisotopic (exact) mass is 300 g/mol. The standard InChI is InChI=1S/C16H16N2O4/c1-3-13(18-8-17-2)22-9-4-5-12(19)10(6-9)14-11-7-16(11,14)15(20)21/h3-6,8,11,14,19H,2,7H2,1H3,(H,20,21)/b13-3+,18-8-/t11-,14+,16-/m0/s1. The third-order valence-corrected chi connectivity index (χ3v) is 4.38. The van der Waals surface area contributed by atoms with Gasteiger partial charge < -0.3 is 14.9 Å². The molecule has 1 aromatic carbocycles. The molecule has 0 heterocycles. The Morgan fingerprint density at radius 3 is 2.86 bits per heavy atom. The summed E-state index contributed by atoms with van der Waals surface area (Å²) >= 11 is 0. The van der Waals surface area contributed by atoms with Crippen LogP contribution in [0.2, 0.25) is 0 Å². The molecule has 22 heavy (non-hydrogen) atoms. The van der Waals surface area contributed by atoms with Crippen molar-refractivity contribution in [2.24, 2.45) is 21.3 Å². The van der Waals surface area contributed by atoms with Crippen LogP contribution in [0.3, 0.4) is 0 Å². The first-order valence-corrected chi connectivity index (χ1v) is 6.93. The Morgan fingerprint density at radius 1 is 1.55 bits per heavy atom. The van der Waals surface area contributed by atoms with E-state index in [1.165, 1.54) is 12.4 Å². The Balaban J connectivity index is 1.81. The van der Waals surface area contributed by atoms with Crippen molar-refractivity contribution in [3.05, 3.63) is 35.7 Å². The van der Waals surface area contributed by atoms with E-state index < -0.39 is 11.4 Å². The van der Waals surface area contributed by atoms with Crippen LogP contribution >= 0.6 is 0 Å². The summed E-state index contributed by atoms with van der Waals surface area (Å²) in [5.41, 5.74) is -0.0396. The lowest BCUT2D eigenvalue weighted by Gasteiger charge is -2.13. The van der Waals surface area contributed by atoms with Gasteiger partial charge in [0.25, 0.3) is 0 Å². The molecule has 2 N–H and O–H groups in total. The predicted molar refractivity (Wildman–Crippen MR) is 81.4 cm³/mol. The zero-order chi connectivity index (χ0) is 15.9. The number of hydrogen-bond donors (Lipinski definition) is 2. The van der Waals surface area contributed by atoms with Crippen LogP contribution in [-0.4, -0.2) is 29.2 Å². The Morgan fingerprint density at radius 2 is 2.32 bits per heavy atom. The Bertz CT molecular complexity index is 710. The van der Waals surface area contributed by atoms with Gasteiger partial charge in [0.2, 0.25) is 5.88 Å². The minimum Gasteiger partial charge on any atom is -0.508 e. The molecule has 0 amide bonds. The van der Waals surface area contributed by atoms with Gasteiger partial charge in [0, 0.05) is 11.5 Å². The Hall–Kier alpha value is -2.63. The zero-order valence-electron chi connectivity index (χ0n) is 12.1. The molecule has 2 aliphatic rings. The number of phenolic OH excluding ortho intramolecular Hbond substituents is 1. The van der Waals surface area contributed by atoms with Crippen molar-refractivity contribution in [2.75, 3.05) is 0 Å². The molecule has 2 saturated carbocycles. The fourth-order valence-corrected chi connectivity index (χ4v) is 3.00. The summed E-state index contributed by atoms with van der Waals surface area (Å²) in [6, 6.07) is 4.80. The van der Waals surface area contributed by atoms with E-state index in [-0.39, 0.29) is 17.6 Å². The minimum absolute atomic E-state index is 0.100. The molecule has 0 aliphatic heterocycles. The fourth-order valence-electron chi connectivity index (χ4n) is 3.00. The number of carboxylic acid groups (broad SMARTS) is 1. The third-order valence-electron chi connectivity index (χ3n) is 4.38. The molecule has 0 spiro atoms. The van der Waals surface area contributed by atoms with Crippen molar-refractivity contribution in [1.29, 1.82) is 0 Å². The molecule has 0 saturated heterocycles. The minimum atomic E-state index is -0.788. The number of rotatable bonds is 6. The van der Waals surface area contributed by atoms with E-state index in [0.29, 0.717) is 23.6 Å². The summed E-state index contributed by atoms with van der Waals surface area (Å²) in [6.45, 7) is 5.07. The average molecular weight is 300 g/mol. The maximum atomic E-state index is 11.3. The number of hydrogen-bond acceptors (Lipinski definition) is 4. The summed E-state index contributed by atoms with van der Waals surface area (Å²) in [5.74, 6) is 0.163. The molecule has 0 bridgehead atoms. The number of carbonyl (C=O) groups is 1. The Kier molecular flexibility index (Phi) is 3.24. The molecule has 0 aromatic heterocycles. The van der Waals surface area contributed by atoms with Crippen LogP contribution in [-0.2, 0) is 4.79 Å². The van der Waals surface area contributed by atoms with Crippen LogP contribution in [0, 0.1) is 11.3 Å². The molecule has 6 heteroatoms. The first-order valence-electron chi connectivity index (χ1n) is 6.93. The van der Waals surface area contributed by atoms with Crippen molar-refractivity contribution >= 4 is 19.0 Å². The smallest absolute Gasteiger partial charge is 0.310 e. The molecular weight excluding hydrogens is 284 g/mol. The van der Waals surface area contributed by atoms with Crippen molar-refractivity contribution in [3.63, 3.8) is 0 Å². The topological polar surface area (TPSA) is 91.5 Å². The normalized spacial score (nSPS) is 29.0. The van der Waals surface area contributed by atoms with Crippen LogP contribution in [0.25, 0.3) is 0 Å². The van der Waals surface area contributed by atoms with E-state index in [1.54, 1.807) is 25.1 Å². The van der Waals surface area contributed by atoms with E-state index in [2.05, 4.69) is 16.7 Å². The van der Waals surface area contributed by atoms with E-state index >= 15 is 0 Å². The number of fused-ring (bicyclic) bond motifs is 1. The number of phenols is 1.